The zero-order chi connectivity index (χ0) is 15.7. The molecule has 1 aromatic carbocycles. The molecule has 0 saturated carbocycles. The first kappa shape index (κ1) is 15.2. The lowest BCUT2D eigenvalue weighted by atomic mass is 10.0. The van der Waals surface area contributed by atoms with Gasteiger partial charge in [0, 0.05) is 17.0 Å². The Labute approximate surface area is 120 Å². The second kappa shape index (κ2) is 5.63. The number of nitrogens with zero attached hydrogens (tertiary/aromatic N) is 1. The predicted octanol–water partition coefficient (Wildman–Crippen LogP) is 4.09. The van der Waals surface area contributed by atoms with Crippen LogP contribution in [0.1, 0.15) is 31.0 Å². The Balaban J connectivity index is 2.79. The topological polar surface area (TPSA) is 48.4 Å². The van der Waals surface area contributed by atoms with E-state index in [1.807, 2.05) is 13.8 Å². The molecule has 0 atom stereocenters. The average molecular weight is 295 g/mol. The molecule has 0 amide bonds. The summed E-state index contributed by atoms with van der Waals surface area (Å²) in [4.78, 5) is 15.7. The quantitative estimate of drug-likeness (QED) is 0.783. The van der Waals surface area contributed by atoms with Crippen molar-refractivity contribution in [2.45, 2.75) is 26.7 Å². The van der Waals surface area contributed by atoms with E-state index in [1.165, 1.54) is 7.11 Å². The van der Waals surface area contributed by atoms with Crippen LogP contribution in [0.3, 0.4) is 0 Å². The highest BCUT2D eigenvalue weighted by Crippen LogP contribution is 2.34. The molecule has 0 aliphatic rings. The van der Waals surface area contributed by atoms with E-state index in [9.17, 15) is 13.6 Å². The fourth-order valence-corrected chi connectivity index (χ4v) is 2.16. The molecular weight excluding hydrogens is 280 g/mol. The number of carbonyl (C=O) groups excluding carboxylic acids is 1. The molecule has 1 heterocycles. The van der Waals surface area contributed by atoms with Gasteiger partial charge in [0.1, 0.15) is 5.75 Å². The fourth-order valence-electron chi connectivity index (χ4n) is 2.16. The van der Waals surface area contributed by atoms with E-state index in [4.69, 9.17) is 4.74 Å². The van der Waals surface area contributed by atoms with Crippen LogP contribution in [0.2, 0.25) is 0 Å². The van der Waals surface area contributed by atoms with Crippen LogP contribution in [0.5, 0.6) is 5.75 Å². The maximum Gasteiger partial charge on any atom is 0.513 e. The molecule has 0 spiro atoms. The van der Waals surface area contributed by atoms with E-state index >= 15 is 0 Å². The first-order chi connectivity index (χ1) is 9.85. The maximum atomic E-state index is 13.5. The van der Waals surface area contributed by atoms with Gasteiger partial charge in [-0.25, -0.2) is 13.6 Å². The number of rotatable bonds is 2. The normalized spacial score (nSPS) is 11.0. The molecule has 1 aromatic heterocycles. The Morgan fingerprint density at radius 1 is 1.24 bits per heavy atom. The van der Waals surface area contributed by atoms with Crippen molar-refractivity contribution in [2.75, 3.05) is 7.11 Å². The molecule has 0 bridgehead atoms. The van der Waals surface area contributed by atoms with E-state index in [0.717, 1.165) is 12.1 Å². The minimum atomic E-state index is -1.03. The average Bonchev–Trinajstić information content (AvgIpc) is 2.43. The number of aromatic nitrogens is 1. The molecule has 2 aromatic rings. The zero-order valence-corrected chi connectivity index (χ0v) is 12.2. The van der Waals surface area contributed by atoms with Gasteiger partial charge in [-0.3, -0.25) is 4.98 Å². The first-order valence-electron chi connectivity index (χ1n) is 6.40. The van der Waals surface area contributed by atoms with Crippen LogP contribution in [0.4, 0.5) is 13.6 Å². The summed E-state index contributed by atoms with van der Waals surface area (Å²) in [5.74, 6) is -1.87. The summed E-state index contributed by atoms with van der Waals surface area (Å²) in [7, 11) is 1.17. The van der Waals surface area contributed by atoms with Crippen LogP contribution >= 0.6 is 0 Å². The molecule has 6 heteroatoms. The van der Waals surface area contributed by atoms with Gasteiger partial charge in [-0.1, -0.05) is 13.8 Å². The lowest BCUT2D eigenvalue weighted by Crippen LogP contribution is -2.11. The van der Waals surface area contributed by atoms with E-state index in [-0.39, 0.29) is 22.6 Å². The van der Waals surface area contributed by atoms with Crippen molar-refractivity contribution in [3.05, 3.63) is 35.0 Å². The van der Waals surface area contributed by atoms with Gasteiger partial charge in [0.15, 0.2) is 11.6 Å². The summed E-state index contributed by atoms with van der Waals surface area (Å²) in [6, 6.07) is 1.95. The molecule has 0 saturated heterocycles. The number of halogens is 2. The number of carbonyl (C=O) groups is 1. The van der Waals surface area contributed by atoms with Crippen molar-refractivity contribution < 1.29 is 23.0 Å². The SMILES string of the molecule is COC(=O)Oc1c(C)c(C(C)C)nc2cc(F)c(F)cc12. The number of hydrogen-bond acceptors (Lipinski definition) is 4. The number of benzene rings is 1. The third kappa shape index (κ3) is 2.79. The fraction of sp³-hybridized carbons (Fsp3) is 0.333. The van der Waals surface area contributed by atoms with Crippen molar-refractivity contribution >= 4 is 17.1 Å². The molecule has 112 valence electrons. The zero-order valence-electron chi connectivity index (χ0n) is 12.2. The van der Waals surface area contributed by atoms with Gasteiger partial charge in [-0.2, -0.15) is 0 Å². The lowest BCUT2D eigenvalue weighted by Gasteiger charge is -2.15. The van der Waals surface area contributed by atoms with Crippen molar-refractivity contribution in [1.82, 2.24) is 4.98 Å². The Hall–Kier alpha value is -2.24. The van der Waals surface area contributed by atoms with Crippen molar-refractivity contribution in [3.63, 3.8) is 0 Å². The van der Waals surface area contributed by atoms with Crippen molar-refractivity contribution in [1.29, 1.82) is 0 Å². The van der Waals surface area contributed by atoms with Gasteiger partial charge in [-0.05, 0) is 18.9 Å². The number of ether oxygens (including phenoxy) is 2. The Kier molecular flexibility index (Phi) is 4.06. The van der Waals surface area contributed by atoms with Gasteiger partial charge >= 0.3 is 6.16 Å². The van der Waals surface area contributed by atoms with Gasteiger partial charge in [-0.15, -0.1) is 0 Å². The molecular formula is C15H15F2NO3. The van der Waals surface area contributed by atoms with Crippen LogP contribution < -0.4 is 4.74 Å². The minimum Gasteiger partial charge on any atom is -0.437 e. The summed E-state index contributed by atoms with van der Waals surface area (Å²) >= 11 is 0. The molecule has 4 nitrogen and oxygen atoms in total. The smallest absolute Gasteiger partial charge is 0.437 e. The second-order valence-electron chi connectivity index (χ2n) is 4.95. The van der Waals surface area contributed by atoms with Crippen LogP contribution in [0.15, 0.2) is 12.1 Å². The molecule has 0 aliphatic heterocycles. The molecule has 0 N–H and O–H groups in total. The molecule has 21 heavy (non-hydrogen) atoms. The number of fused-ring (bicyclic) bond motifs is 1. The van der Waals surface area contributed by atoms with Crippen LogP contribution in [-0.2, 0) is 4.74 Å². The summed E-state index contributed by atoms with van der Waals surface area (Å²) in [6.07, 6.45) is -0.926. The highest BCUT2D eigenvalue weighted by Gasteiger charge is 2.20. The number of hydrogen-bond donors (Lipinski definition) is 0. The Morgan fingerprint density at radius 2 is 1.86 bits per heavy atom. The highest BCUT2D eigenvalue weighted by molar-refractivity contribution is 5.89. The number of pyridine rings is 1. The second-order valence-corrected chi connectivity index (χ2v) is 4.95. The van der Waals surface area contributed by atoms with E-state index in [2.05, 4.69) is 9.72 Å². The lowest BCUT2D eigenvalue weighted by molar-refractivity contribution is 0.121. The summed E-state index contributed by atoms with van der Waals surface area (Å²) in [6.45, 7) is 5.52. The molecule has 2 rings (SSSR count). The summed E-state index contributed by atoms with van der Waals surface area (Å²) < 4.78 is 36.4. The van der Waals surface area contributed by atoms with Gasteiger partial charge < -0.3 is 9.47 Å². The van der Waals surface area contributed by atoms with Gasteiger partial charge in [0.2, 0.25) is 0 Å². The van der Waals surface area contributed by atoms with Crippen LogP contribution in [0, 0.1) is 18.6 Å². The molecule has 0 unspecified atom stereocenters. The largest absolute Gasteiger partial charge is 0.513 e. The molecule has 0 aliphatic carbocycles. The summed E-state index contributed by atoms with van der Waals surface area (Å²) in [5.41, 5.74) is 1.46. The van der Waals surface area contributed by atoms with E-state index < -0.39 is 17.8 Å². The first-order valence-corrected chi connectivity index (χ1v) is 6.40. The van der Waals surface area contributed by atoms with E-state index in [0.29, 0.717) is 11.3 Å². The Bertz CT molecular complexity index is 714. The van der Waals surface area contributed by atoms with Crippen LogP contribution in [0.25, 0.3) is 10.9 Å². The highest BCUT2D eigenvalue weighted by atomic mass is 19.2. The van der Waals surface area contributed by atoms with Gasteiger partial charge in [0.05, 0.1) is 18.3 Å². The van der Waals surface area contributed by atoms with Crippen LogP contribution in [-0.4, -0.2) is 18.2 Å². The third-order valence-electron chi connectivity index (χ3n) is 3.15. The Morgan fingerprint density at radius 3 is 2.43 bits per heavy atom. The van der Waals surface area contributed by atoms with Gasteiger partial charge in [0.25, 0.3) is 0 Å². The molecule has 0 fully saturated rings. The van der Waals surface area contributed by atoms with Crippen molar-refractivity contribution in [2.24, 2.45) is 0 Å². The standard InChI is InChI=1S/C15H15F2NO3/c1-7(2)13-8(3)14(21-15(19)20-4)9-5-10(16)11(17)6-12(9)18-13/h5-7H,1-4H3. The number of methoxy groups -OCH3 is 1. The predicted molar refractivity (Wildman–Crippen MR) is 73.5 cm³/mol. The maximum absolute atomic E-state index is 13.5. The summed E-state index contributed by atoms with van der Waals surface area (Å²) in [5, 5.41) is 0.223. The third-order valence-corrected chi connectivity index (χ3v) is 3.15. The minimum absolute atomic E-state index is 0.0301. The monoisotopic (exact) mass is 295 g/mol. The van der Waals surface area contributed by atoms with Crippen molar-refractivity contribution in [3.8, 4) is 5.75 Å². The molecule has 0 radical (unpaired) electrons. The van der Waals surface area contributed by atoms with E-state index in [1.54, 1.807) is 6.92 Å².